The van der Waals surface area contributed by atoms with Crippen molar-refractivity contribution in [2.45, 2.75) is 19.4 Å². The van der Waals surface area contributed by atoms with Crippen molar-refractivity contribution in [3.05, 3.63) is 32.9 Å². The van der Waals surface area contributed by atoms with Crippen LogP contribution in [0.4, 0.5) is 4.39 Å². The number of H-pyrrole nitrogens is 1. The third kappa shape index (κ3) is 1.54. The molecule has 0 bridgehead atoms. The zero-order valence-corrected chi connectivity index (χ0v) is 6.92. The van der Waals surface area contributed by atoms with Crippen molar-refractivity contribution < 1.29 is 4.39 Å². The summed E-state index contributed by atoms with van der Waals surface area (Å²) in [5.41, 5.74) is -1.35. The molecule has 0 aromatic carbocycles. The van der Waals surface area contributed by atoms with Gasteiger partial charge in [-0.25, -0.2) is 4.79 Å². The first-order valence-electron chi connectivity index (χ1n) is 4.16. The van der Waals surface area contributed by atoms with E-state index in [4.69, 9.17) is 0 Å². The normalized spacial score (nSPS) is 16.1. The van der Waals surface area contributed by atoms with Crippen LogP contribution in [0.25, 0.3) is 0 Å². The number of hydrogen-bond donors (Lipinski definition) is 1. The Morgan fingerprint density at radius 3 is 2.85 bits per heavy atom. The molecular formula is C8H9FN2O2. The highest BCUT2D eigenvalue weighted by atomic mass is 19.1. The van der Waals surface area contributed by atoms with Gasteiger partial charge in [0.1, 0.15) is 0 Å². The summed E-state index contributed by atoms with van der Waals surface area (Å²) in [4.78, 5) is 24.4. The van der Waals surface area contributed by atoms with E-state index < -0.39 is 17.1 Å². The van der Waals surface area contributed by atoms with Crippen LogP contribution in [0.15, 0.2) is 15.8 Å². The third-order valence-corrected chi connectivity index (χ3v) is 2.15. The second-order valence-electron chi connectivity index (χ2n) is 3.30. The molecule has 1 aliphatic carbocycles. The van der Waals surface area contributed by atoms with Crippen LogP contribution in [0, 0.1) is 11.7 Å². The first kappa shape index (κ1) is 8.22. The molecule has 0 atom stereocenters. The zero-order valence-electron chi connectivity index (χ0n) is 6.92. The summed E-state index contributed by atoms with van der Waals surface area (Å²) in [5.74, 6) is -0.527. The van der Waals surface area contributed by atoms with Crippen molar-refractivity contribution >= 4 is 0 Å². The summed E-state index contributed by atoms with van der Waals surface area (Å²) < 4.78 is 13.7. The number of nitrogens with zero attached hydrogens (tertiary/aromatic N) is 1. The van der Waals surface area contributed by atoms with Gasteiger partial charge >= 0.3 is 5.69 Å². The minimum atomic E-state index is -0.903. The molecule has 4 nitrogen and oxygen atoms in total. The molecule has 1 saturated carbocycles. The van der Waals surface area contributed by atoms with Crippen molar-refractivity contribution in [1.82, 2.24) is 9.55 Å². The Kier molecular flexibility index (Phi) is 1.79. The molecule has 1 aromatic heterocycles. The van der Waals surface area contributed by atoms with Crippen molar-refractivity contribution in [3.63, 3.8) is 0 Å². The molecule has 0 radical (unpaired) electrons. The smallest absolute Gasteiger partial charge is 0.311 e. The van der Waals surface area contributed by atoms with E-state index in [0.717, 1.165) is 23.6 Å². The van der Waals surface area contributed by atoms with Crippen LogP contribution in [0.1, 0.15) is 12.8 Å². The molecule has 1 N–H and O–H groups in total. The molecule has 0 saturated heterocycles. The SMILES string of the molecule is O=c1[nH]cc(F)c(=O)n1CC1CC1. The summed E-state index contributed by atoms with van der Waals surface area (Å²) >= 11 is 0. The van der Waals surface area contributed by atoms with Gasteiger partial charge in [0.15, 0.2) is 0 Å². The van der Waals surface area contributed by atoms with Crippen LogP contribution < -0.4 is 11.2 Å². The van der Waals surface area contributed by atoms with Crippen molar-refractivity contribution in [2.75, 3.05) is 0 Å². The number of halogens is 1. The standard InChI is InChI=1S/C8H9FN2O2/c9-6-3-10-8(13)11(7(6)12)4-5-1-2-5/h3,5H,1-2,4H2,(H,10,13). The predicted octanol–water partition coefficient (Wildman–Crippen LogP) is 0.0857. The van der Waals surface area contributed by atoms with Crippen molar-refractivity contribution in [2.24, 2.45) is 5.92 Å². The maximum absolute atomic E-state index is 12.7. The van der Waals surface area contributed by atoms with Gasteiger partial charge in [-0.15, -0.1) is 0 Å². The third-order valence-electron chi connectivity index (χ3n) is 2.15. The lowest BCUT2D eigenvalue weighted by Crippen LogP contribution is -2.36. The number of aromatic nitrogens is 2. The fourth-order valence-corrected chi connectivity index (χ4v) is 1.21. The highest BCUT2D eigenvalue weighted by Gasteiger charge is 2.23. The quantitative estimate of drug-likeness (QED) is 0.708. The fraction of sp³-hybridized carbons (Fsp3) is 0.500. The van der Waals surface area contributed by atoms with E-state index in [0.29, 0.717) is 12.5 Å². The molecule has 70 valence electrons. The second kappa shape index (κ2) is 2.83. The van der Waals surface area contributed by atoms with Crippen molar-refractivity contribution in [3.8, 4) is 0 Å². The molecule has 2 rings (SSSR count). The molecule has 1 heterocycles. The van der Waals surface area contributed by atoms with Gasteiger partial charge in [0.2, 0.25) is 5.82 Å². The highest BCUT2D eigenvalue weighted by molar-refractivity contribution is 4.89. The van der Waals surface area contributed by atoms with Gasteiger partial charge in [-0.2, -0.15) is 4.39 Å². The van der Waals surface area contributed by atoms with E-state index in [-0.39, 0.29) is 0 Å². The molecule has 0 amide bonds. The molecule has 0 aliphatic heterocycles. The van der Waals surface area contributed by atoms with Gasteiger partial charge < -0.3 is 4.98 Å². The Morgan fingerprint density at radius 1 is 1.54 bits per heavy atom. The number of hydrogen-bond acceptors (Lipinski definition) is 2. The van der Waals surface area contributed by atoms with E-state index in [9.17, 15) is 14.0 Å². The average Bonchev–Trinajstić information content (AvgIpc) is 2.89. The van der Waals surface area contributed by atoms with Crippen LogP contribution in [-0.2, 0) is 6.54 Å². The van der Waals surface area contributed by atoms with Gasteiger partial charge in [-0.1, -0.05) is 0 Å². The maximum atomic E-state index is 12.7. The lowest BCUT2D eigenvalue weighted by molar-refractivity contribution is 0.517. The molecule has 1 fully saturated rings. The highest BCUT2D eigenvalue weighted by Crippen LogP contribution is 2.29. The Labute approximate surface area is 73.0 Å². The summed E-state index contributed by atoms with van der Waals surface area (Å²) in [6, 6.07) is 0. The maximum Gasteiger partial charge on any atom is 0.328 e. The van der Waals surface area contributed by atoms with E-state index in [1.165, 1.54) is 0 Å². The molecular weight excluding hydrogens is 175 g/mol. The Bertz CT molecular complexity index is 431. The largest absolute Gasteiger partial charge is 0.328 e. The van der Waals surface area contributed by atoms with Crippen molar-refractivity contribution in [1.29, 1.82) is 0 Å². The number of aromatic amines is 1. The minimum Gasteiger partial charge on any atom is -0.311 e. The molecule has 5 heteroatoms. The molecule has 13 heavy (non-hydrogen) atoms. The molecule has 1 aliphatic rings. The van der Waals surface area contributed by atoms with E-state index >= 15 is 0 Å². The first-order chi connectivity index (χ1) is 6.18. The van der Waals surface area contributed by atoms with Gasteiger partial charge in [0.25, 0.3) is 5.56 Å². The van der Waals surface area contributed by atoms with E-state index in [1.54, 1.807) is 0 Å². The van der Waals surface area contributed by atoms with Gasteiger partial charge in [0, 0.05) is 12.7 Å². The van der Waals surface area contributed by atoms with Gasteiger partial charge in [-0.05, 0) is 18.8 Å². The van der Waals surface area contributed by atoms with Crippen LogP contribution in [0.2, 0.25) is 0 Å². The van der Waals surface area contributed by atoms with Crippen LogP contribution in [-0.4, -0.2) is 9.55 Å². The van der Waals surface area contributed by atoms with Gasteiger partial charge in [-0.3, -0.25) is 9.36 Å². The van der Waals surface area contributed by atoms with E-state index in [1.807, 2.05) is 0 Å². The second-order valence-corrected chi connectivity index (χ2v) is 3.30. The first-order valence-corrected chi connectivity index (χ1v) is 4.16. The summed E-state index contributed by atoms with van der Waals surface area (Å²) in [6.45, 7) is 0.339. The average molecular weight is 184 g/mol. The number of nitrogens with one attached hydrogen (secondary N) is 1. The Hall–Kier alpha value is -1.39. The zero-order chi connectivity index (χ0) is 9.42. The lowest BCUT2D eigenvalue weighted by atomic mass is 10.4. The van der Waals surface area contributed by atoms with Crippen LogP contribution >= 0.6 is 0 Å². The molecule has 0 spiro atoms. The van der Waals surface area contributed by atoms with E-state index in [2.05, 4.69) is 4.98 Å². The summed E-state index contributed by atoms with van der Waals surface area (Å²) in [7, 11) is 0. The monoisotopic (exact) mass is 184 g/mol. The minimum absolute atomic E-state index is 0.339. The Balaban J connectivity index is 2.46. The topological polar surface area (TPSA) is 54.9 Å². The van der Waals surface area contributed by atoms with Crippen LogP contribution in [0.5, 0.6) is 0 Å². The number of rotatable bonds is 2. The lowest BCUT2D eigenvalue weighted by Gasteiger charge is -2.01. The van der Waals surface area contributed by atoms with Crippen LogP contribution in [0.3, 0.4) is 0 Å². The summed E-state index contributed by atoms with van der Waals surface area (Å²) in [5, 5.41) is 0. The predicted molar refractivity (Wildman–Crippen MR) is 44.0 cm³/mol. The van der Waals surface area contributed by atoms with Gasteiger partial charge in [0.05, 0.1) is 0 Å². The molecule has 1 aromatic rings. The summed E-state index contributed by atoms with van der Waals surface area (Å²) in [6.07, 6.45) is 2.83. The fourth-order valence-electron chi connectivity index (χ4n) is 1.21. The Morgan fingerprint density at radius 2 is 2.23 bits per heavy atom. The molecule has 0 unspecified atom stereocenters.